The fraction of sp³-hybridized carbons (Fsp3) is 0.625. The molecule has 3 heteroatoms. The zero-order valence-corrected chi connectivity index (χ0v) is 12.7. The average molecular weight is 266 g/mol. The number of rotatable bonds is 7. The van der Waals surface area contributed by atoms with Gasteiger partial charge in [-0.25, -0.2) is 0 Å². The molecule has 0 aliphatic heterocycles. The molecule has 1 rings (SSSR count). The summed E-state index contributed by atoms with van der Waals surface area (Å²) in [4.78, 5) is 0. The van der Waals surface area contributed by atoms with Crippen molar-refractivity contribution in [3.63, 3.8) is 0 Å². The van der Waals surface area contributed by atoms with Gasteiger partial charge in [-0.3, -0.25) is 0 Å². The van der Waals surface area contributed by atoms with Gasteiger partial charge in [0.25, 0.3) is 0 Å². The number of hydrogen-bond donors (Lipinski definition) is 1. The van der Waals surface area contributed by atoms with Gasteiger partial charge in [0.05, 0.1) is 19.8 Å². The lowest BCUT2D eigenvalue weighted by Crippen LogP contribution is -2.36. The van der Waals surface area contributed by atoms with E-state index in [4.69, 9.17) is 9.47 Å². The maximum Gasteiger partial charge on any atom is 0.160 e. The highest BCUT2D eigenvalue weighted by atomic mass is 16.5. The van der Waals surface area contributed by atoms with E-state index in [1.54, 1.807) is 14.2 Å². The van der Waals surface area contributed by atoms with Crippen LogP contribution in [-0.4, -0.2) is 24.9 Å². The summed E-state index contributed by atoms with van der Waals surface area (Å²) >= 11 is 0. The normalized spacial score (nSPS) is 14.3. The third-order valence-electron chi connectivity index (χ3n) is 3.88. The molecule has 19 heavy (non-hydrogen) atoms. The molecule has 108 valence electrons. The summed E-state index contributed by atoms with van der Waals surface area (Å²) in [6.45, 7) is 6.16. The lowest BCUT2D eigenvalue weighted by molar-refractivity contribution is -0.00414. The standard InChI is InChI=1S/C16H26O3/c1-6-13(7-2)16(3,17)11-12-8-9-14(18-4)15(10-12)19-5/h8-10,13,17H,6-7,11H2,1-5H3. The Bertz CT molecular complexity index is 395. The molecule has 0 spiro atoms. The van der Waals surface area contributed by atoms with E-state index in [0.717, 1.165) is 18.4 Å². The van der Waals surface area contributed by atoms with Crippen LogP contribution in [0.1, 0.15) is 39.2 Å². The van der Waals surface area contributed by atoms with Crippen LogP contribution in [0.3, 0.4) is 0 Å². The zero-order valence-electron chi connectivity index (χ0n) is 12.7. The average Bonchev–Trinajstić information content (AvgIpc) is 2.39. The Labute approximate surface area is 116 Å². The van der Waals surface area contributed by atoms with Crippen LogP contribution >= 0.6 is 0 Å². The van der Waals surface area contributed by atoms with E-state index in [9.17, 15) is 5.11 Å². The van der Waals surface area contributed by atoms with Crippen molar-refractivity contribution in [3.8, 4) is 11.5 Å². The van der Waals surface area contributed by atoms with Crippen molar-refractivity contribution in [2.45, 2.75) is 45.6 Å². The van der Waals surface area contributed by atoms with Gasteiger partial charge in [-0.05, 0) is 30.5 Å². The van der Waals surface area contributed by atoms with E-state index in [1.807, 2.05) is 25.1 Å². The number of benzene rings is 1. The minimum absolute atomic E-state index is 0.306. The molecule has 0 fully saturated rings. The van der Waals surface area contributed by atoms with Crippen molar-refractivity contribution in [2.24, 2.45) is 5.92 Å². The second-order valence-corrected chi connectivity index (χ2v) is 5.24. The summed E-state index contributed by atoms with van der Waals surface area (Å²) in [5.74, 6) is 1.73. The first-order valence-electron chi connectivity index (χ1n) is 6.91. The van der Waals surface area contributed by atoms with Crippen LogP contribution in [0, 0.1) is 5.92 Å². The van der Waals surface area contributed by atoms with Crippen LogP contribution in [0.2, 0.25) is 0 Å². The molecule has 0 aliphatic carbocycles. The van der Waals surface area contributed by atoms with Crippen LogP contribution in [0.4, 0.5) is 0 Å². The van der Waals surface area contributed by atoms with E-state index in [2.05, 4.69) is 13.8 Å². The highest BCUT2D eigenvalue weighted by molar-refractivity contribution is 5.43. The van der Waals surface area contributed by atoms with Crippen molar-refractivity contribution >= 4 is 0 Å². The molecule has 1 N–H and O–H groups in total. The van der Waals surface area contributed by atoms with Gasteiger partial charge < -0.3 is 14.6 Å². The van der Waals surface area contributed by atoms with E-state index in [1.165, 1.54) is 0 Å². The summed E-state index contributed by atoms with van der Waals surface area (Å²) in [6.07, 6.45) is 2.59. The minimum atomic E-state index is -0.691. The molecule has 0 aliphatic rings. The number of hydrogen-bond acceptors (Lipinski definition) is 3. The van der Waals surface area contributed by atoms with Crippen molar-refractivity contribution in [2.75, 3.05) is 14.2 Å². The first kappa shape index (κ1) is 15.8. The van der Waals surface area contributed by atoms with Crippen molar-refractivity contribution in [3.05, 3.63) is 23.8 Å². The van der Waals surface area contributed by atoms with Gasteiger partial charge in [0.1, 0.15) is 0 Å². The second-order valence-electron chi connectivity index (χ2n) is 5.24. The smallest absolute Gasteiger partial charge is 0.160 e. The molecule has 1 unspecified atom stereocenters. The van der Waals surface area contributed by atoms with E-state index >= 15 is 0 Å². The van der Waals surface area contributed by atoms with Crippen LogP contribution in [0.15, 0.2) is 18.2 Å². The number of methoxy groups -OCH3 is 2. The van der Waals surface area contributed by atoms with Gasteiger partial charge in [0.2, 0.25) is 0 Å². The minimum Gasteiger partial charge on any atom is -0.493 e. The van der Waals surface area contributed by atoms with Crippen molar-refractivity contribution in [1.29, 1.82) is 0 Å². The summed E-state index contributed by atoms with van der Waals surface area (Å²) in [6, 6.07) is 5.81. The maximum absolute atomic E-state index is 10.6. The molecule has 1 aromatic rings. The number of aliphatic hydroxyl groups is 1. The Balaban J connectivity index is 2.93. The lowest BCUT2D eigenvalue weighted by atomic mass is 9.80. The molecule has 0 saturated carbocycles. The second kappa shape index (κ2) is 6.80. The first-order valence-corrected chi connectivity index (χ1v) is 6.91. The monoisotopic (exact) mass is 266 g/mol. The molecular formula is C16H26O3. The Morgan fingerprint density at radius 2 is 1.68 bits per heavy atom. The van der Waals surface area contributed by atoms with Gasteiger partial charge in [-0.2, -0.15) is 0 Å². The van der Waals surface area contributed by atoms with Crippen LogP contribution < -0.4 is 9.47 Å². The Hall–Kier alpha value is -1.22. The highest BCUT2D eigenvalue weighted by Gasteiger charge is 2.29. The Morgan fingerprint density at radius 3 is 2.16 bits per heavy atom. The number of ether oxygens (including phenoxy) is 2. The quantitative estimate of drug-likeness (QED) is 0.821. The predicted octanol–water partition coefficient (Wildman–Crippen LogP) is 3.43. The largest absolute Gasteiger partial charge is 0.493 e. The highest BCUT2D eigenvalue weighted by Crippen LogP contribution is 2.32. The molecular weight excluding hydrogens is 240 g/mol. The van der Waals surface area contributed by atoms with E-state index < -0.39 is 5.60 Å². The van der Waals surface area contributed by atoms with E-state index in [-0.39, 0.29) is 0 Å². The fourth-order valence-electron chi connectivity index (χ4n) is 2.72. The summed E-state index contributed by atoms with van der Waals surface area (Å²) in [5, 5.41) is 10.6. The molecule has 0 saturated heterocycles. The zero-order chi connectivity index (χ0) is 14.5. The molecule has 0 radical (unpaired) electrons. The molecule has 3 nitrogen and oxygen atoms in total. The predicted molar refractivity (Wildman–Crippen MR) is 77.9 cm³/mol. The molecule has 0 bridgehead atoms. The van der Waals surface area contributed by atoms with Gasteiger partial charge in [0.15, 0.2) is 11.5 Å². The molecule has 1 aromatic carbocycles. The van der Waals surface area contributed by atoms with Gasteiger partial charge >= 0.3 is 0 Å². The summed E-state index contributed by atoms with van der Waals surface area (Å²) < 4.78 is 10.5. The van der Waals surface area contributed by atoms with Gasteiger partial charge in [-0.15, -0.1) is 0 Å². The van der Waals surface area contributed by atoms with E-state index in [0.29, 0.717) is 23.8 Å². The Kier molecular flexibility index (Phi) is 5.67. The van der Waals surface area contributed by atoms with Crippen molar-refractivity contribution in [1.82, 2.24) is 0 Å². The third kappa shape index (κ3) is 3.87. The molecule has 0 heterocycles. The molecule has 0 amide bonds. The molecule has 1 atom stereocenters. The first-order chi connectivity index (χ1) is 8.98. The SMILES string of the molecule is CCC(CC)C(C)(O)Cc1ccc(OC)c(OC)c1. The van der Waals surface area contributed by atoms with Gasteiger partial charge in [-0.1, -0.05) is 32.8 Å². The third-order valence-corrected chi connectivity index (χ3v) is 3.88. The summed E-state index contributed by atoms with van der Waals surface area (Å²) in [5.41, 5.74) is 0.373. The van der Waals surface area contributed by atoms with Crippen LogP contribution in [0.5, 0.6) is 11.5 Å². The van der Waals surface area contributed by atoms with Crippen molar-refractivity contribution < 1.29 is 14.6 Å². The van der Waals surface area contributed by atoms with Gasteiger partial charge in [0, 0.05) is 6.42 Å². The van der Waals surface area contributed by atoms with Crippen LogP contribution in [0.25, 0.3) is 0 Å². The Morgan fingerprint density at radius 1 is 1.11 bits per heavy atom. The lowest BCUT2D eigenvalue weighted by Gasteiger charge is -2.32. The summed E-state index contributed by atoms with van der Waals surface area (Å²) in [7, 11) is 3.25. The fourth-order valence-corrected chi connectivity index (χ4v) is 2.72. The molecule has 0 aromatic heterocycles. The topological polar surface area (TPSA) is 38.7 Å². The maximum atomic E-state index is 10.6. The van der Waals surface area contributed by atoms with Crippen LogP contribution in [-0.2, 0) is 6.42 Å².